The van der Waals surface area contributed by atoms with Gasteiger partial charge in [-0.15, -0.1) is 0 Å². The van der Waals surface area contributed by atoms with E-state index in [1.54, 1.807) is 0 Å². The van der Waals surface area contributed by atoms with Crippen molar-refractivity contribution in [1.82, 2.24) is 0 Å². The predicted octanol–water partition coefficient (Wildman–Crippen LogP) is 8.91. The molecule has 2 nitrogen and oxygen atoms in total. The number of aliphatic imine (C=N–C) groups is 1. The Morgan fingerprint density at radius 3 is 1.93 bits per heavy atom. The van der Waals surface area contributed by atoms with Crippen LogP contribution in [0.2, 0.25) is 0 Å². The second kappa shape index (κ2) is 17.6. The number of benzene rings is 1. The Bertz CT molecular complexity index is 730. The number of carbonyl (C=O) groups is 1. The zero-order valence-corrected chi connectivity index (χ0v) is 21.3. The van der Waals surface area contributed by atoms with E-state index in [4.69, 9.17) is 4.99 Å². The van der Waals surface area contributed by atoms with Gasteiger partial charge < -0.3 is 0 Å². The Kier molecular flexibility index (Phi) is 17.6. The van der Waals surface area contributed by atoms with Crippen molar-refractivity contribution in [2.24, 2.45) is 4.99 Å². The second-order valence-corrected chi connectivity index (χ2v) is 7.54. The Morgan fingerprint density at radius 2 is 1.50 bits per heavy atom. The maximum Gasteiger partial charge on any atom is 0.136 e. The fourth-order valence-electron chi connectivity index (χ4n) is 2.59. The number of hydrogen-bond donors (Lipinski definition) is 0. The van der Waals surface area contributed by atoms with Crippen molar-refractivity contribution in [3.8, 4) is 0 Å². The Morgan fingerprint density at radius 1 is 1.00 bits per heavy atom. The van der Waals surface area contributed by atoms with Gasteiger partial charge in [0.15, 0.2) is 0 Å². The number of nitrogens with zero attached hydrogens (tertiary/aromatic N) is 1. The molecule has 0 N–H and O–H groups in total. The van der Waals surface area contributed by atoms with Crippen molar-refractivity contribution in [2.75, 3.05) is 0 Å². The molecule has 0 aliphatic carbocycles. The molecule has 0 fully saturated rings. The van der Waals surface area contributed by atoms with Gasteiger partial charge in [-0.25, -0.2) is 0 Å². The molecule has 0 atom stereocenters. The predicted molar refractivity (Wildman–Crippen MR) is 137 cm³/mol. The van der Waals surface area contributed by atoms with Gasteiger partial charge in [0.05, 0.1) is 5.70 Å². The standard InChI is InChI=1S/C23H31NO.C3H8.C2H6/c1-8-9-22(25)15-19(6)23(21-12-10-17(4)11-13-21)24-20(7)18(5)14-16(2)3;1-3-2;1-2/h10-14H,2,8-9,15H2,1,3-7H3;3H2,1-2H3;1-2H3/b18-14-,23-19+,24-20+;;. The van der Waals surface area contributed by atoms with E-state index in [9.17, 15) is 4.79 Å². The summed E-state index contributed by atoms with van der Waals surface area (Å²) in [5.74, 6) is 0.270. The van der Waals surface area contributed by atoms with Gasteiger partial charge in [0, 0.05) is 24.1 Å². The molecular weight excluding hydrogens is 366 g/mol. The molecule has 0 heterocycles. The van der Waals surface area contributed by atoms with Gasteiger partial charge in [-0.2, -0.15) is 0 Å². The Labute approximate surface area is 186 Å². The number of hydrogen-bond acceptors (Lipinski definition) is 2. The van der Waals surface area contributed by atoms with E-state index in [1.807, 2.05) is 54.5 Å². The molecule has 2 heteroatoms. The van der Waals surface area contributed by atoms with E-state index in [0.717, 1.165) is 40.1 Å². The van der Waals surface area contributed by atoms with Crippen LogP contribution in [0.4, 0.5) is 0 Å². The van der Waals surface area contributed by atoms with Crippen LogP contribution in [0.15, 0.2) is 58.6 Å². The summed E-state index contributed by atoms with van der Waals surface area (Å²) < 4.78 is 0. The minimum atomic E-state index is 0.270. The number of carbonyl (C=O) groups excluding carboxylic acids is 1. The van der Waals surface area contributed by atoms with Crippen molar-refractivity contribution in [1.29, 1.82) is 0 Å². The lowest BCUT2D eigenvalue weighted by atomic mass is 10.0. The molecule has 1 aromatic carbocycles. The largest absolute Gasteiger partial charge is 0.299 e. The highest BCUT2D eigenvalue weighted by Crippen LogP contribution is 2.24. The highest BCUT2D eigenvalue weighted by molar-refractivity contribution is 6.01. The third-order valence-electron chi connectivity index (χ3n) is 4.03. The van der Waals surface area contributed by atoms with Crippen LogP contribution in [0.1, 0.15) is 99.1 Å². The molecule has 0 radical (unpaired) electrons. The fraction of sp³-hybridized carbons (Fsp3) is 0.500. The molecule has 1 rings (SSSR count). The second-order valence-electron chi connectivity index (χ2n) is 7.54. The Balaban J connectivity index is 0. The molecule has 0 spiro atoms. The lowest BCUT2D eigenvalue weighted by Gasteiger charge is -2.11. The van der Waals surface area contributed by atoms with Crippen LogP contribution in [0.5, 0.6) is 0 Å². The maximum atomic E-state index is 12.1. The van der Waals surface area contributed by atoms with Gasteiger partial charge in [0.1, 0.15) is 5.78 Å². The van der Waals surface area contributed by atoms with Gasteiger partial charge in [0.2, 0.25) is 0 Å². The molecule has 0 unspecified atom stereocenters. The lowest BCUT2D eigenvalue weighted by molar-refractivity contribution is -0.118. The van der Waals surface area contributed by atoms with Gasteiger partial charge in [-0.3, -0.25) is 9.79 Å². The minimum Gasteiger partial charge on any atom is -0.299 e. The van der Waals surface area contributed by atoms with Crippen LogP contribution in [-0.2, 0) is 4.79 Å². The van der Waals surface area contributed by atoms with Crippen LogP contribution in [0.25, 0.3) is 5.70 Å². The van der Waals surface area contributed by atoms with Crippen molar-refractivity contribution in [2.45, 2.75) is 94.9 Å². The minimum absolute atomic E-state index is 0.270. The molecule has 0 aliphatic heterocycles. The number of allylic oxidation sites excluding steroid dienone is 4. The third kappa shape index (κ3) is 13.1. The first-order valence-electron chi connectivity index (χ1n) is 11.3. The molecule has 0 amide bonds. The van der Waals surface area contributed by atoms with Crippen LogP contribution < -0.4 is 0 Å². The zero-order valence-electron chi connectivity index (χ0n) is 21.3. The number of Topliss-reactive ketones (excluding diaryl/α,β-unsaturated/α-hetero) is 1. The topological polar surface area (TPSA) is 29.4 Å². The molecule has 168 valence electrons. The van der Waals surface area contributed by atoms with Crippen molar-refractivity contribution in [3.63, 3.8) is 0 Å². The summed E-state index contributed by atoms with van der Waals surface area (Å²) in [6.07, 6.45) is 5.24. The summed E-state index contributed by atoms with van der Waals surface area (Å²) in [5, 5.41) is 0. The zero-order chi connectivity index (χ0) is 23.7. The summed E-state index contributed by atoms with van der Waals surface area (Å²) in [6.45, 7) is 24.3. The average Bonchev–Trinajstić information content (AvgIpc) is 2.68. The number of rotatable bonds is 8. The van der Waals surface area contributed by atoms with Gasteiger partial charge in [-0.1, -0.05) is 89.1 Å². The molecule has 1 aromatic rings. The van der Waals surface area contributed by atoms with Crippen molar-refractivity contribution < 1.29 is 4.79 Å². The van der Waals surface area contributed by atoms with E-state index in [0.29, 0.717) is 12.8 Å². The summed E-state index contributed by atoms with van der Waals surface area (Å²) in [5.41, 5.74) is 7.21. The molecular formula is C28H45NO. The van der Waals surface area contributed by atoms with Crippen LogP contribution in [0, 0.1) is 6.92 Å². The first-order chi connectivity index (χ1) is 14.2. The van der Waals surface area contributed by atoms with E-state index >= 15 is 0 Å². The quantitative estimate of drug-likeness (QED) is 0.310. The molecule has 30 heavy (non-hydrogen) atoms. The van der Waals surface area contributed by atoms with Crippen LogP contribution >= 0.6 is 0 Å². The van der Waals surface area contributed by atoms with Crippen LogP contribution in [-0.4, -0.2) is 11.5 Å². The molecule has 0 aliphatic rings. The molecule has 0 aromatic heterocycles. The SMILES string of the molecule is C=C(C)\C=C(C)/C(C)=N/C(=C(\C)CC(=O)CCC)c1ccc(C)cc1.CC.CCC. The highest BCUT2D eigenvalue weighted by atomic mass is 16.1. The van der Waals surface area contributed by atoms with E-state index in [-0.39, 0.29) is 5.78 Å². The van der Waals surface area contributed by atoms with E-state index in [2.05, 4.69) is 51.6 Å². The van der Waals surface area contributed by atoms with Crippen molar-refractivity contribution >= 4 is 17.2 Å². The summed E-state index contributed by atoms with van der Waals surface area (Å²) >= 11 is 0. The van der Waals surface area contributed by atoms with E-state index in [1.165, 1.54) is 12.0 Å². The summed E-state index contributed by atoms with van der Waals surface area (Å²) in [6, 6.07) is 8.32. The Hall–Kier alpha value is -2.22. The maximum absolute atomic E-state index is 12.1. The first-order valence-corrected chi connectivity index (χ1v) is 11.3. The van der Waals surface area contributed by atoms with Gasteiger partial charge in [0.25, 0.3) is 0 Å². The van der Waals surface area contributed by atoms with E-state index < -0.39 is 0 Å². The monoisotopic (exact) mass is 411 g/mol. The van der Waals surface area contributed by atoms with Gasteiger partial charge >= 0.3 is 0 Å². The lowest BCUT2D eigenvalue weighted by Crippen LogP contribution is -2.01. The normalized spacial score (nSPS) is 12.1. The summed E-state index contributed by atoms with van der Waals surface area (Å²) in [7, 11) is 0. The van der Waals surface area contributed by atoms with Gasteiger partial charge in [-0.05, 0) is 52.2 Å². The summed E-state index contributed by atoms with van der Waals surface area (Å²) in [4.78, 5) is 17.0. The number of ketones is 1. The highest BCUT2D eigenvalue weighted by Gasteiger charge is 2.10. The molecule has 0 bridgehead atoms. The average molecular weight is 412 g/mol. The molecule has 0 saturated heterocycles. The van der Waals surface area contributed by atoms with Crippen molar-refractivity contribution in [3.05, 3.63) is 64.8 Å². The molecule has 0 saturated carbocycles. The third-order valence-corrected chi connectivity index (χ3v) is 4.03. The fourth-order valence-corrected chi connectivity index (χ4v) is 2.59. The smallest absolute Gasteiger partial charge is 0.136 e. The first kappa shape index (κ1) is 30.0. The number of aryl methyl sites for hydroxylation is 1. The van der Waals surface area contributed by atoms with Crippen LogP contribution in [0.3, 0.4) is 0 Å².